The summed E-state index contributed by atoms with van der Waals surface area (Å²) in [6.45, 7) is 7.71. The van der Waals surface area contributed by atoms with E-state index in [1.807, 2.05) is 19.3 Å². The quantitative estimate of drug-likeness (QED) is 0.659. The van der Waals surface area contributed by atoms with E-state index in [1.54, 1.807) is 0 Å². The maximum Gasteiger partial charge on any atom is 0.323 e. The molecule has 1 aromatic heterocycles. The molecule has 2 N–H and O–H groups in total. The molecular formula is C16H29N3O2. The monoisotopic (exact) mass is 295 g/mol. The Hall–Kier alpha value is -1.36. The molecule has 5 nitrogen and oxygen atoms in total. The van der Waals surface area contributed by atoms with Crippen LogP contribution in [0, 0.1) is 0 Å². The van der Waals surface area contributed by atoms with Crippen molar-refractivity contribution in [3.8, 4) is 0 Å². The van der Waals surface area contributed by atoms with Crippen molar-refractivity contribution in [3.63, 3.8) is 0 Å². The molecule has 0 aliphatic carbocycles. The zero-order valence-electron chi connectivity index (χ0n) is 13.6. The first-order valence-electron chi connectivity index (χ1n) is 8.08. The number of aromatic nitrogens is 2. The van der Waals surface area contributed by atoms with Crippen LogP contribution in [-0.2, 0) is 17.8 Å². The predicted octanol–water partition coefficient (Wildman–Crippen LogP) is 2.85. The van der Waals surface area contributed by atoms with E-state index < -0.39 is 11.5 Å². The molecule has 0 aromatic carbocycles. The third kappa shape index (κ3) is 4.84. The van der Waals surface area contributed by atoms with Crippen LogP contribution in [0.4, 0.5) is 0 Å². The molecule has 0 aliphatic heterocycles. The first-order chi connectivity index (χ1) is 10.1. The van der Waals surface area contributed by atoms with Gasteiger partial charge in [0.05, 0.1) is 0 Å². The van der Waals surface area contributed by atoms with E-state index in [0.717, 1.165) is 44.6 Å². The van der Waals surface area contributed by atoms with Crippen LogP contribution in [0.2, 0.25) is 0 Å². The van der Waals surface area contributed by atoms with Gasteiger partial charge in [-0.2, -0.15) is 0 Å². The smallest absolute Gasteiger partial charge is 0.323 e. The molecule has 1 heterocycles. The standard InChI is InChI=1S/C16H29N3O2/c1-4-8-14-17-11-13-19(14)12-7-9-16(6-3,15(20)21)18-10-5-2/h11,13,18H,4-10,12H2,1-3H3,(H,20,21). The van der Waals surface area contributed by atoms with Gasteiger partial charge in [0.2, 0.25) is 0 Å². The summed E-state index contributed by atoms with van der Waals surface area (Å²) in [5.74, 6) is 0.356. The first-order valence-corrected chi connectivity index (χ1v) is 8.08. The molecule has 0 aliphatic rings. The van der Waals surface area contributed by atoms with Crippen molar-refractivity contribution in [2.45, 2.75) is 71.4 Å². The Bertz CT molecular complexity index is 431. The number of carboxylic acids is 1. The van der Waals surface area contributed by atoms with Crippen molar-refractivity contribution < 1.29 is 9.90 Å². The number of hydrogen-bond acceptors (Lipinski definition) is 3. The van der Waals surface area contributed by atoms with Crippen molar-refractivity contribution >= 4 is 5.97 Å². The number of nitrogens with zero attached hydrogens (tertiary/aromatic N) is 2. The molecule has 0 bridgehead atoms. The molecule has 1 rings (SSSR count). The number of imidazole rings is 1. The molecule has 0 saturated heterocycles. The average Bonchev–Trinajstić information content (AvgIpc) is 2.90. The van der Waals surface area contributed by atoms with Gasteiger partial charge >= 0.3 is 5.97 Å². The second kappa shape index (κ2) is 8.82. The van der Waals surface area contributed by atoms with Crippen molar-refractivity contribution in [2.24, 2.45) is 0 Å². The van der Waals surface area contributed by atoms with E-state index in [2.05, 4.69) is 28.7 Å². The zero-order valence-corrected chi connectivity index (χ0v) is 13.6. The Morgan fingerprint density at radius 2 is 2.14 bits per heavy atom. The second-order valence-corrected chi connectivity index (χ2v) is 5.56. The Morgan fingerprint density at radius 1 is 1.38 bits per heavy atom. The number of rotatable bonds is 11. The summed E-state index contributed by atoms with van der Waals surface area (Å²) in [5, 5.41) is 12.8. The van der Waals surface area contributed by atoms with Crippen LogP contribution in [0.3, 0.4) is 0 Å². The van der Waals surface area contributed by atoms with Gasteiger partial charge in [-0.25, -0.2) is 4.98 Å². The van der Waals surface area contributed by atoms with Crippen molar-refractivity contribution in [3.05, 3.63) is 18.2 Å². The van der Waals surface area contributed by atoms with Gasteiger partial charge in [0.25, 0.3) is 0 Å². The molecular weight excluding hydrogens is 266 g/mol. The minimum absolute atomic E-state index is 0.605. The van der Waals surface area contributed by atoms with Crippen LogP contribution in [0.15, 0.2) is 12.4 Å². The number of nitrogens with one attached hydrogen (secondary N) is 1. The molecule has 0 amide bonds. The lowest BCUT2D eigenvalue weighted by Crippen LogP contribution is -2.52. The molecule has 0 spiro atoms. The number of aliphatic carboxylic acids is 1. The van der Waals surface area contributed by atoms with E-state index in [0.29, 0.717) is 12.8 Å². The van der Waals surface area contributed by atoms with E-state index in [1.165, 1.54) is 0 Å². The predicted molar refractivity (Wildman–Crippen MR) is 84.4 cm³/mol. The largest absolute Gasteiger partial charge is 0.480 e. The average molecular weight is 295 g/mol. The molecule has 0 fully saturated rings. The lowest BCUT2D eigenvalue weighted by atomic mass is 9.90. The molecule has 0 radical (unpaired) electrons. The van der Waals surface area contributed by atoms with Gasteiger partial charge in [0.1, 0.15) is 11.4 Å². The van der Waals surface area contributed by atoms with Crippen molar-refractivity contribution in [1.29, 1.82) is 0 Å². The van der Waals surface area contributed by atoms with Crippen molar-refractivity contribution in [1.82, 2.24) is 14.9 Å². The lowest BCUT2D eigenvalue weighted by Gasteiger charge is -2.29. The minimum atomic E-state index is -0.790. The number of hydrogen-bond donors (Lipinski definition) is 2. The zero-order chi connectivity index (χ0) is 15.7. The van der Waals surface area contributed by atoms with Gasteiger partial charge in [0.15, 0.2) is 0 Å². The first kappa shape index (κ1) is 17.7. The Labute approximate surface area is 127 Å². The van der Waals surface area contributed by atoms with Crippen LogP contribution in [-0.4, -0.2) is 32.7 Å². The van der Waals surface area contributed by atoms with Gasteiger partial charge < -0.3 is 15.0 Å². The highest BCUT2D eigenvalue weighted by molar-refractivity contribution is 5.78. The highest BCUT2D eigenvalue weighted by Gasteiger charge is 2.35. The molecule has 5 heteroatoms. The fourth-order valence-corrected chi connectivity index (χ4v) is 2.63. The Morgan fingerprint density at radius 3 is 2.71 bits per heavy atom. The molecule has 21 heavy (non-hydrogen) atoms. The number of carbonyl (C=O) groups is 1. The van der Waals surface area contributed by atoms with Gasteiger partial charge in [-0.05, 0) is 38.6 Å². The fraction of sp³-hybridized carbons (Fsp3) is 0.750. The maximum atomic E-state index is 11.6. The van der Waals surface area contributed by atoms with Crippen LogP contribution >= 0.6 is 0 Å². The van der Waals surface area contributed by atoms with Crippen LogP contribution in [0.25, 0.3) is 0 Å². The highest BCUT2D eigenvalue weighted by atomic mass is 16.4. The van der Waals surface area contributed by atoms with E-state index in [-0.39, 0.29) is 0 Å². The van der Waals surface area contributed by atoms with Gasteiger partial charge in [-0.15, -0.1) is 0 Å². The van der Waals surface area contributed by atoms with Crippen LogP contribution in [0.5, 0.6) is 0 Å². The van der Waals surface area contributed by atoms with Crippen LogP contribution < -0.4 is 5.32 Å². The molecule has 1 aromatic rings. The molecule has 0 saturated carbocycles. The summed E-state index contributed by atoms with van der Waals surface area (Å²) < 4.78 is 2.14. The second-order valence-electron chi connectivity index (χ2n) is 5.56. The van der Waals surface area contributed by atoms with Gasteiger partial charge in [-0.3, -0.25) is 4.79 Å². The Balaban J connectivity index is 2.60. The molecule has 120 valence electrons. The van der Waals surface area contributed by atoms with E-state index in [4.69, 9.17) is 0 Å². The van der Waals surface area contributed by atoms with E-state index in [9.17, 15) is 9.90 Å². The third-order valence-electron chi connectivity index (χ3n) is 4.00. The summed E-state index contributed by atoms with van der Waals surface area (Å²) in [6, 6.07) is 0. The lowest BCUT2D eigenvalue weighted by molar-refractivity contribution is -0.145. The SMILES string of the molecule is CCCNC(CC)(CCCn1ccnc1CCC)C(=O)O. The highest BCUT2D eigenvalue weighted by Crippen LogP contribution is 2.19. The van der Waals surface area contributed by atoms with E-state index >= 15 is 0 Å². The fourth-order valence-electron chi connectivity index (χ4n) is 2.63. The maximum absolute atomic E-state index is 11.6. The Kier molecular flexibility index (Phi) is 7.43. The normalized spacial score (nSPS) is 14.0. The summed E-state index contributed by atoms with van der Waals surface area (Å²) in [7, 11) is 0. The number of carboxylic acid groups (broad SMARTS) is 1. The van der Waals surface area contributed by atoms with Crippen molar-refractivity contribution in [2.75, 3.05) is 6.54 Å². The summed E-state index contributed by atoms with van der Waals surface area (Å²) in [5.41, 5.74) is -0.790. The van der Waals surface area contributed by atoms with Gasteiger partial charge in [0, 0.05) is 25.4 Å². The third-order valence-corrected chi connectivity index (χ3v) is 4.00. The summed E-state index contributed by atoms with van der Waals surface area (Å²) in [6.07, 6.45) is 8.88. The number of aryl methyl sites for hydroxylation is 2. The molecule has 1 atom stereocenters. The van der Waals surface area contributed by atoms with Gasteiger partial charge in [-0.1, -0.05) is 20.8 Å². The minimum Gasteiger partial charge on any atom is -0.480 e. The molecule has 1 unspecified atom stereocenters. The summed E-state index contributed by atoms with van der Waals surface area (Å²) in [4.78, 5) is 16.0. The van der Waals surface area contributed by atoms with Crippen LogP contribution in [0.1, 0.15) is 58.7 Å². The topological polar surface area (TPSA) is 67.2 Å². The summed E-state index contributed by atoms with van der Waals surface area (Å²) >= 11 is 0.